The molecule has 3 heterocycles. The van der Waals surface area contributed by atoms with E-state index in [4.69, 9.17) is 0 Å². The van der Waals surface area contributed by atoms with Gasteiger partial charge in [-0.15, -0.1) is 0 Å². The molecule has 4 rings (SSSR count). The Balaban J connectivity index is 1.54. The number of rotatable bonds is 6. The van der Waals surface area contributed by atoms with Gasteiger partial charge in [0.15, 0.2) is 5.82 Å². The van der Waals surface area contributed by atoms with Gasteiger partial charge in [-0.1, -0.05) is 18.2 Å². The van der Waals surface area contributed by atoms with Gasteiger partial charge in [0.05, 0.1) is 12.1 Å². The Hall–Kier alpha value is -3.30. The fraction of sp³-hybridized carbons (Fsp3) is 0.105. The average molecular weight is 395 g/mol. The van der Waals surface area contributed by atoms with Crippen molar-refractivity contribution >= 4 is 20.9 Å². The summed E-state index contributed by atoms with van der Waals surface area (Å²) in [6.07, 6.45) is 4.65. The number of hydrogen-bond acceptors (Lipinski definition) is 5. The lowest BCUT2D eigenvalue weighted by Gasteiger charge is -2.10. The van der Waals surface area contributed by atoms with Crippen LogP contribution < -0.4 is 10.3 Å². The van der Waals surface area contributed by atoms with Gasteiger partial charge in [-0.05, 0) is 35.7 Å². The van der Waals surface area contributed by atoms with Crippen LogP contribution in [0.2, 0.25) is 0 Å². The molecule has 4 aromatic rings. The van der Waals surface area contributed by atoms with Crippen molar-refractivity contribution in [2.45, 2.75) is 11.4 Å². The Morgan fingerprint density at radius 3 is 2.68 bits per heavy atom. The maximum absolute atomic E-state index is 12.2. The first-order valence-corrected chi connectivity index (χ1v) is 10.1. The van der Waals surface area contributed by atoms with Crippen molar-refractivity contribution in [3.05, 3.63) is 83.5 Å². The van der Waals surface area contributed by atoms with E-state index in [0.717, 1.165) is 10.9 Å². The van der Waals surface area contributed by atoms with E-state index in [1.54, 1.807) is 12.1 Å². The fourth-order valence-corrected chi connectivity index (χ4v) is 3.87. The van der Waals surface area contributed by atoms with Gasteiger partial charge in [0.25, 0.3) is 5.56 Å². The number of sulfonamides is 1. The molecule has 0 bridgehead atoms. The minimum atomic E-state index is -3.69. The maximum Gasteiger partial charge on any atom is 0.266 e. The Bertz CT molecular complexity index is 1280. The molecule has 0 aliphatic heterocycles. The number of nitrogens with zero attached hydrogens (tertiary/aromatic N) is 4. The summed E-state index contributed by atoms with van der Waals surface area (Å²) in [5.74, 6) is 0.580. The molecule has 9 heteroatoms. The summed E-state index contributed by atoms with van der Waals surface area (Å²) in [6, 6.07) is 15.9. The van der Waals surface area contributed by atoms with E-state index in [9.17, 15) is 13.2 Å². The summed E-state index contributed by atoms with van der Waals surface area (Å²) in [6.45, 7) is 0.130. The molecular weight excluding hydrogens is 378 g/mol. The second-order valence-corrected chi connectivity index (χ2v) is 7.85. The van der Waals surface area contributed by atoms with Crippen molar-refractivity contribution in [3.63, 3.8) is 0 Å². The second-order valence-electron chi connectivity index (χ2n) is 6.08. The highest BCUT2D eigenvalue weighted by molar-refractivity contribution is 7.89. The molecular formula is C19H17N5O3S. The molecule has 1 N–H and O–H groups in total. The van der Waals surface area contributed by atoms with Gasteiger partial charge >= 0.3 is 0 Å². The van der Waals surface area contributed by atoms with Crippen molar-refractivity contribution < 1.29 is 8.42 Å². The van der Waals surface area contributed by atoms with Crippen LogP contribution in [-0.2, 0) is 16.6 Å². The zero-order valence-electron chi connectivity index (χ0n) is 14.8. The Morgan fingerprint density at radius 2 is 1.86 bits per heavy atom. The van der Waals surface area contributed by atoms with Crippen LogP contribution >= 0.6 is 0 Å². The molecule has 1 aromatic carbocycles. The first-order chi connectivity index (χ1) is 13.5. The largest absolute Gasteiger partial charge is 0.300 e. The predicted molar refractivity (Wildman–Crippen MR) is 105 cm³/mol. The Morgan fingerprint density at radius 1 is 1.00 bits per heavy atom. The zero-order chi connectivity index (χ0) is 19.6. The van der Waals surface area contributed by atoms with Gasteiger partial charge in [-0.3, -0.25) is 14.3 Å². The monoisotopic (exact) mass is 395 g/mol. The maximum atomic E-state index is 12.2. The molecule has 3 aromatic heterocycles. The molecule has 8 nitrogen and oxygen atoms in total. The molecule has 28 heavy (non-hydrogen) atoms. The van der Waals surface area contributed by atoms with E-state index in [1.807, 2.05) is 41.1 Å². The van der Waals surface area contributed by atoms with Crippen molar-refractivity contribution in [2.75, 3.05) is 6.54 Å². The third-order valence-corrected chi connectivity index (χ3v) is 5.71. The highest BCUT2D eigenvalue weighted by Gasteiger charge is 2.13. The summed E-state index contributed by atoms with van der Waals surface area (Å²) >= 11 is 0. The van der Waals surface area contributed by atoms with Gasteiger partial charge in [0.2, 0.25) is 10.0 Å². The molecule has 0 amide bonds. The smallest absolute Gasteiger partial charge is 0.266 e. The third-order valence-electron chi connectivity index (χ3n) is 4.26. The molecule has 0 atom stereocenters. The first kappa shape index (κ1) is 18.1. The summed E-state index contributed by atoms with van der Waals surface area (Å²) in [4.78, 5) is 16.0. The molecule has 0 unspecified atom stereocenters. The fourth-order valence-electron chi connectivity index (χ4n) is 2.88. The summed E-state index contributed by atoms with van der Waals surface area (Å²) in [5, 5.41) is 5.44. The lowest BCUT2D eigenvalue weighted by molar-refractivity contribution is 0.544. The Labute approximate surface area is 161 Å². The number of hydrogen-bond donors (Lipinski definition) is 1. The number of aromatic nitrogens is 4. The second kappa shape index (κ2) is 7.37. The van der Waals surface area contributed by atoms with E-state index in [2.05, 4.69) is 14.8 Å². The van der Waals surface area contributed by atoms with Crippen LogP contribution in [0.5, 0.6) is 0 Å². The van der Waals surface area contributed by atoms with Gasteiger partial charge in [-0.25, -0.2) is 17.8 Å². The van der Waals surface area contributed by atoms with Crippen LogP contribution in [0.1, 0.15) is 0 Å². The average Bonchev–Trinajstić information content (AvgIpc) is 3.14. The summed E-state index contributed by atoms with van der Waals surface area (Å²) < 4.78 is 30.1. The minimum Gasteiger partial charge on any atom is -0.300 e. The molecule has 142 valence electrons. The van der Waals surface area contributed by atoms with Gasteiger partial charge in [0.1, 0.15) is 4.90 Å². The highest BCUT2D eigenvalue weighted by Crippen LogP contribution is 2.18. The van der Waals surface area contributed by atoms with Crippen LogP contribution in [0.25, 0.3) is 16.7 Å². The molecule has 0 radical (unpaired) electrons. The van der Waals surface area contributed by atoms with Gasteiger partial charge < -0.3 is 0 Å². The van der Waals surface area contributed by atoms with Crippen molar-refractivity contribution in [1.82, 2.24) is 24.1 Å². The normalized spacial score (nSPS) is 11.7. The topological polar surface area (TPSA) is 98.9 Å². The van der Waals surface area contributed by atoms with Crippen LogP contribution in [-0.4, -0.2) is 34.3 Å². The van der Waals surface area contributed by atoms with Crippen LogP contribution in [0, 0.1) is 0 Å². The molecule has 0 fully saturated rings. The molecule has 0 aliphatic rings. The summed E-state index contributed by atoms with van der Waals surface area (Å²) in [7, 11) is -3.69. The molecule has 0 saturated carbocycles. The number of fused-ring (bicyclic) bond motifs is 1. The minimum absolute atomic E-state index is 0.0278. The number of nitrogens with one attached hydrogen (secondary N) is 1. The van der Waals surface area contributed by atoms with Crippen molar-refractivity contribution in [3.8, 4) is 5.82 Å². The number of para-hydroxylation sites is 1. The van der Waals surface area contributed by atoms with E-state index in [0.29, 0.717) is 5.82 Å². The molecule has 0 saturated heterocycles. The van der Waals surface area contributed by atoms with E-state index in [1.165, 1.54) is 29.2 Å². The number of pyridine rings is 1. The van der Waals surface area contributed by atoms with E-state index >= 15 is 0 Å². The SMILES string of the molecule is O=c1ccc(-n2ccc3ccccc32)nn1CCNS(=O)(=O)c1cccnc1. The molecule has 0 aliphatic carbocycles. The lowest BCUT2D eigenvalue weighted by Crippen LogP contribution is -2.32. The van der Waals surface area contributed by atoms with Gasteiger partial charge in [0, 0.05) is 31.2 Å². The van der Waals surface area contributed by atoms with Crippen LogP contribution in [0.3, 0.4) is 0 Å². The quantitative estimate of drug-likeness (QED) is 0.534. The number of benzene rings is 1. The van der Waals surface area contributed by atoms with Crippen molar-refractivity contribution in [1.29, 1.82) is 0 Å². The van der Waals surface area contributed by atoms with Crippen LogP contribution in [0.4, 0.5) is 0 Å². The summed E-state index contributed by atoms with van der Waals surface area (Å²) in [5.41, 5.74) is 0.665. The Kier molecular flexibility index (Phi) is 4.76. The first-order valence-electron chi connectivity index (χ1n) is 8.59. The zero-order valence-corrected chi connectivity index (χ0v) is 15.6. The van der Waals surface area contributed by atoms with E-state index < -0.39 is 10.0 Å². The standard InChI is InChI=1S/C19H17N5O3S/c25-19-8-7-18(23-12-9-15-4-1-2-6-17(15)23)22-24(19)13-11-21-28(26,27)16-5-3-10-20-14-16/h1-10,12,14,21H,11,13H2. The predicted octanol–water partition coefficient (Wildman–Crippen LogP) is 1.56. The molecule has 0 spiro atoms. The highest BCUT2D eigenvalue weighted by atomic mass is 32.2. The van der Waals surface area contributed by atoms with E-state index in [-0.39, 0.29) is 23.5 Å². The van der Waals surface area contributed by atoms with Crippen molar-refractivity contribution in [2.24, 2.45) is 0 Å². The van der Waals surface area contributed by atoms with Gasteiger partial charge in [-0.2, -0.15) is 5.10 Å². The van der Waals surface area contributed by atoms with Crippen LogP contribution in [0.15, 0.2) is 82.9 Å². The lowest BCUT2D eigenvalue weighted by atomic mass is 10.2. The third kappa shape index (κ3) is 3.57.